The zero-order valence-corrected chi connectivity index (χ0v) is 25.1. The number of nitrogens with zero attached hydrogens (tertiary/aromatic N) is 7. The second kappa shape index (κ2) is 14.8. The monoisotopic (exact) mass is 604 g/mol. The Labute approximate surface area is 255 Å². The lowest BCUT2D eigenvalue weighted by Crippen LogP contribution is -2.49. The van der Waals surface area contributed by atoms with E-state index in [9.17, 15) is 14.4 Å². The molecule has 4 aromatic rings. The van der Waals surface area contributed by atoms with Gasteiger partial charge in [-0.05, 0) is 31.9 Å². The minimum atomic E-state index is -0.125. The average molecular weight is 605 g/mol. The van der Waals surface area contributed by atoms with Crippen molar-refractivity contribution < 1.29 is 19.1 Å². The van der Waals surface area contributed by atoms with Crippen LogP contribution < -0.4 is 11.1 Å². The van der Waals surface area contributed by atoms with Crippen molar-refractivity contribution in [2.45, 2.75) is 45.6 Å². The van der Waals surface area contributed by atoms with Crippen LogP contribution in [0.1, 0.15) is 39.0 Å². The van der Waals surface area contributed by atoms with Crippen molar-refractivity contribution in [2.24, 2.45) is 0 Å². The van der Waals surface area contributed by atoms with Crippen LogP contribution in [-0.4, -0.2) is 110 Å². The van der Waals surface area contributed by atoms with Gasteiger partial charge in [-0.3, -0.25) is 19.3 Å². The SMILES string of the molecule is CC(=O)CCOCCN1CCN(C(=O)CCC(=O)NCCCCn2nc(-c3cnc4[nH]ccc4c3)c3c(N)ncnc32)CC1. The van der Waals surface area contributed by atoms with Gasteiger partial charge < -0.3 is 25.7 Å². The van der Waals surface area contributed by atoms with E-state index < -0.39 is 0 Å². The van der Waals surface area contributed by atoms with E-state index in [2.05, 4.69) is 30.2 Å². The number of carbonyl (C=O) groups is 3. The number of pyridine rings is 1. The normalized spacial score (nSPS) is 14.0. The number of amides is 2. The third-order valence-electron chi connectivity index (χ3n) is 7.79. The Morgan fingerprint density at radius 1 is 1.02 bits per heavy atom. The lowest BCUT2D eigenvalue weighted by atomic mass is 10.1. The van der Waals surface area contributed by atoms with Gasteiger partial charge in [-0.15, -0.1) is 0 Å². The molecule has 0 unspecified atom stereocenters. The highest BCUT2D eigenvalue weighted by Crippen LogP contribution is 2.31. The van der Waals surface area contributed by atoms with Crippen molar-refractivity contribution in [3.05, 3.63) is 30.9 Å². The number of hydrogen-bond donors (Lipinski definition) is 3. The molecule has 0 spiro atoms. The Hall–Kier alpha value is -4.43. The van der Waals surface area contributed by atoms with Crippen molar-refractivity contribution in [2.75, 3.05) is 58.2 Å². The molecule has 5 rings (SSSR count). The Balaban J connectivity index is 1.01. The van der Waals surface area contributed by atoms with E-state index in [1.165, 1.54) is 6.33 Å². The Morgan fingerprint density at radius 3 is 2.68 bits per heavy atom. The van der Waals surface area contributed by atoms with Crippen molar-refractivity contribution in [1.82, 2.24) is 44.8 Å². The van der Waals surface area contributed by atoms with Gasteiger partial charge in [0, 0.05) is 88.4 Å². The molecule has 5 heterocycles. The molecule has 1 aliphatic rings. The number of H-pyrrole nitrogens is 1. The quantitative estimate of drug-likeness (QED) is 0.169. The predicted molar refractivity (Wildman–Crippen MR) is 165 cm³/mol. The molecule has 2 amide bonds. The molecule has 0 atom stereocenters. The summed E-state index contributed by atoms with van der Waals surface area (Å²) in [5, 5.41) is 9.40. The molecule has 0 aromatic carbocycles. The number of carbonyl (C=O) groups excluding carboxylic acids is 3. The fraction of sp³-hybridized carbons (Fsp3) is 0.500. The number of fused-ring (bicyclic) bond motifs is 2. The molecule has 0 saturated carbocycles. The second-order valence-corrected chi connectivity index (χ2v) is 11.0. The number of nitrogen functional groups attached to an aromatic ring is 1. The lowest BCUT2D eigenvalue weighted by molar-refractivity contribution is -0.135. The van der Waals surface area contributed by atoms with Crippen LogP contribution in [0.15, 0.2) is 30.9 Å². The third-order valence-corrected chi connectivity index (χ3v) is 7.79. The van der Waals surface area contributed by atoms with Crippen molar-refractivity contribution in [3.8, 4) is 11.3 Å². The number of unbranched alkanes of at least 4 members (excludes halogenated alkanes) is 1. The van der Waals surface area contributed by atoms with E-state index in [1.807, 2.05) is 27.9 Å². The molecule has 234 valence electrons. The third kappa shape index (κ3) is 7.94. The fourth-order valence-corrected chi connectivity index (χ4v) is 5.27. The Kier molecular flexibility index (Phi) is 10.5. The van der Waals surface area contributed by atoms with Gasteiger partial charge >= 0.3 is 0 Å². The van der Waals surface area contributed by atoms with Crippen molar-refractivity contribution in [3.63, 3.8) is 0 Å². The summed E-state index contributed by atoms with van der Waals surface area (Å²) in [6.07, 6.45) is 7.36. The smallest absolute Gasteiger partial charge is 0.223 e. The van der Waals surface area contributed by atoms with Crippen LogP contribution >= 0.6 is 0 Å². The Morgan fingerprint density at radius 2 is 1.86 bits per heavy atom. The number of aromatic nitrogens is 6. The number of hydrogen-bond acceptors (Lipinski definition) is 10. The molecule has 0 aliphatic carbocycles. The van der Waals surface area contributed by atoms with Gasteiger partial charge in [0.1, 0.15) is 29.3 Å². The molecule has 44 heavy (non-hydrogen) atoms. The molecule has 14 heteroatoms. The number of ketones is 1. The first-order chi connectivity index (χ1) is 21.4. The van der Waals surface area contributed by atoms with Gasteiger partial charge in [0.25, 0.3) is 0 Å². The maximum absolute atomic E-state index is 12.6. The highest BCUT2D eigenvalue weighted by Gasteiger charge is 2.21. The molecule has 14 nitrogen and oxygen atoms in total. The van der Waals surface area contributed by atoms with Gasteiger partial charge in [0.15, 0.2) is 5.65 Å². The molecule has 4 N–H and O–H groups in total. The van der Waals surface area contributed by atoms with Gasteiger partial charge in [-0.1, -0.05) is 0 Å². The summed E-state index contributed by atoms with van der Waals surface area (Å²) in [6.45, 7) is 7.32. The first-order valence-electron chi connectivity index (χ1n) is 15.1. The van der Waals surface area contributed by atoms with E-state index in [0.717, 1.165) is 49.1 Å². The van der Waals surface area contributed by atoms with Crippen LogP contribution in [0.2, 0.25) is 0 Å². The number of ether oxygens (including phenoxy) is 1. The first-order valence-corrected chi connectivity index (χ1v) is 15.1. The number of rotatable bonds is 15. The molecule has 0 bridgehead atoms. The zero-order valence-electron chi connectivity index (χ0n) is 25.1. The van der Waals surface area contributed by atoms with Crippen LogP contribution in [-0.2, 0) is 25.7 Å². The number of nitrogens with two attached hydrogens (primary N) is 1. The first kappa shape index (κ1) is 31.0. The largest absolute Gasteiger partial charge is 0.383 e. The predicted octanol–water partition coefficient (Wildman–Crippen LogP) is 1.77. The zero-order chi connectivity index (χ0) is 30.9. The molecule has 1 saturated heterocycles. The summed E-state index contributed by atoms with van der Waals surface area (Å²) < 4.78 is 7.33. The highest BCUT2D eigenvalue weighted by atomic mass is 16.5. The molecule has 1 fully saturated rings. The van der Waals surface area contributed by atoms with Crippen LogP contribution in [0.4, 0.5) is 5.82 Å². The number of Topliss-reactive ketones (excluding diaryl/α,β-unsaturated/α-hetero) is 1. The van der Waals surface area contributed by atoms with Crippen LogP contribution in [0.5, 0.6) is 0 Å². The van der Waals surface area contributed by atoms with Crippen LogP contribution in [0.3, 0.4) is 0 Å². The number of anilines is 1. The summed E-state index contributed by atoms with van der Waals surface area (Å²) in [7, 11) is 0. The number of aromatic amines is 1. The minimum absolute atomic E-state index is 0.00555. The molecule has 0 radical (unpaired) electrons. The van der Waals surface area contributed by atoms with E-state index >= 15 is 0 Å². The van der Waals surface area contributed by atoms with Gasteiger partial charge in [0.2, 0.25) is 11.8 Å². The van der Waals surface area contributed by atoms with Gasteiger partial charge in [-0.2, -0.15) is 5.10 Å². The second-order valence-electron chi connectivity index (χ2n) is 11.0. The molecule has 1 aliphatic heterocycles. The van der Waals surface area contributed by atoms with Crippen LogP contribution in [0.25, 0.3) is 33.3 Å². The lowest BCUT2D eigenvalue weighted by Gasteiger charge is -2.34. The van der Waals surface area contributed by atoms with Crippen molar-refractivity contribution >= 4 is 45.5 Å². The number of nitrogens with one attached hydrogen (secondary N) is 2. The Bertz CT molecular complexity index is 1590. The van der Waals surface area contributed by atoms with Gasteiger partial charge in [0.05, 0.1) is 18.6 Å². The van der Waals surface area contributed by atoms with Gasteiger partial charge in [-0.25, -0.2) is 19.6 Å². The molecule has 4 aromatic heterocycles. The van der Waals surface area contributed by atoms with E-state index in [0.29, 0.717) is 68.4 Å². The summed E-state index contributed by atoms with van der Waals surface area (Å²) in [4.78, 5) is 56.2. The summed E-state index contributed by atoms with van der Waals surface area (Å²) >= 11 is 0. The molecular weight excluding hydrogens is 564 g/mol. The molecular formula is C30H40N10O4. The fourth-order valence-electron chi connectivity index (χ4n) is 5.27. The topological polar surface area (TPSA) is 177 Å². The average Bonchev–Trinajstić information content (AvgIpc) is 3.65. The van der Waals surface area contributed by atoms with E-state index in [4.69, 9.17) is 15.6 Å². The van der Waals surface area contributed by atoms with E-state index in [-0.39, 0.29) is 30.4 Å². The summed E-state index contributed by atoms with van der Waals surface area (Å²) in [5.41, 5.74) is 9.20. The standard InChI is InChI=1S/C30H40N10O4/c1-21(41)7-16-44-17-15-38-11-13-39(14-12-38)25(43)5-4-24(42)32-8-2-3-10-40-30-26(28(31)35-20-36-30)27(37-40)23-18-22-6-9-33-29(22)34-19-23/h6,9,18-20H,2-5,7-8,10-17H2,1H3,(H,32,42)(H,33,34)(H2,31,35,36). The van der Waals surface area contributed by atoms with E-state index in [1.54, 1.807) is 13.1 Å². The highest BCUT2D eigenvalue weighted by molar-refractivity contribution is 5.99. The summed E-state index contributed by atoms with van der Waals surface area (Å²) in [5.74, 6) is 0.369. The minimum Gasteiger partial charge on any atom is -0.383 e. The maximum atomic E-state index is 12.6. The number of aryl methyl sites for hydroxylation is 1. The summed E-state index contributed by atoms with van der Waals surface area (Å²) in [6, 6.07) is 3.96. The number of piperazine rings is 1. The maximum Gasteiger partial charge on any atom is 0.223 e. The van der Waals surface area contributed by atoms with Crippen molar-refractivity contribution in [1.29, 1.82) is 0 Å². The van der Waals surface area contributed by atoms with Crippen LogP contribution in [0, 0.1) is 0 Å².